The predicted octanol–water partition coefficient (Wildman–Crippen LogP) is 4.39. The number of benzene rings is 2. The molecule has 9 nitrogen and oxygen atoms in total. The summed E-state index contributed by atoms with van der Waals surface area (Å²) < 4.78 is 13.4. The highest BCUT2D eigenvalue weighted by atomic mass is 16.5. The van der Waals surface area contributed by atoms with E-state index in [0.717, 1.165) is 47.2 Å². The number of aromatic nitrogens is 5. The van der Waals surface area contributed by atoms with Gasteiger partial charge in [0.05, 0.1) is 25.5 Å². The van der Waals surface area contributed by atoms with E-state index in [-0.39, 0.29) is 11.7 Å². The van der Waals surface area contributed by atoms with Crippen molar-refractivity contribution in [3.05, 3.63) is 112 Å². The molecule has 6 rings (SSSR count). The van der Waals surface area contributed by atoms with Crippen LogP contribution in [-0.4, -0.2) is 42.8 Å². The second kappa shape index (κ2) is 10.7. The molecular weight excluding hydrogens is 480 g/mol. The third kappa shape index (κ3) is 5.16. The summed E-state index contributed by atoms with van der Waals surface area (Å²) in [7, 11) is 0. The molecular formula is C29H30N6O3. The molecule has 2 aromatic carbocycles. The molecule has 194 valence electrons. The normalized spacial score (nSPS) is 16.4. The Labute approximate surface area is 220 Å². The van der Waals surface area contributed by atoms with Crippen molar-refractivity contribution in [3.63, 3.8) is 0 Å². The van der Waals surface area contributed by atoms with Crippen molar-refractivity contribution in [3.8, 4) is 0 Å². The van der Waals surface area contributed by atoms with Gasteiger partial charge >= 0.3 is 0 Å². The van der Waals surface area contributed by atoms with Crippen molar-refractivity contribution >= 4 is 10.9 Å². The van der Waals surface area contributed by atoms with Crippen LogP contribution in [0.15, 0.2) is 82.2 Å². The largest absolute Gasteiger partial charge is 0.468 e. The summed E-state index contributed by atoms with van der Waals surface area (Å²) in [4.78, 5) is 19.0. The van der Waals surface area contributed by atoms with Crippen LogP contribution in [0.25, 0.3) is 10.9 Å². The second-order valence-electron chi connectivity index (χ2n) is 9.87. The van der Waals surface area contributed by atoms with E-state index < -0.39 is 6.04 Å². The average molecular weight is 511 g/mol. The SMILES string of the molecule is Cc1ccc2cc([C@@H](c3nnnn3C[C@H]3CCCO3)N(Cc3ccccc3)Cc3ccco3)c(=O)[nH]c2c1. The Hall–Kier alpha value is -4.08. The molecule has 0 aliphatic carbocycles. The lowest BCUT2D eigenvalue weighted by atomic mass is 10.0. The molecule has 1 aliphatic rings. The minimum Gasteiger partial charge on any atom is -0.468 e. The zero-order valence-corrected chi connectivity index (χ0v) is 21.3. The van der Waals surface area contributed by atoms with Gasteiger partial charge in [-0.2, -0.15) is 0 Å². The number of pyridine rings is 1. The molecule has 3 aromatic heterocycles. The van der Waals surface area contributed by atoms with Gasteiger partial charge < -0.3 is 14.1 Å². The molecule has 9 heteroatoms. The minimum absolute atomic E-state index is 0.0448. The molecule has 0 radical (unpaired) electrons. The number of fused-ring (bicyclic) bond motifs is 1. The number of hydrogen-bond acceptors (Lipinski definition) is 7. The van der Waals surface area contributed by atoms with Crippen molar-refractivity contribution in [2.45, 2.75) is 51.5 Å². The van der Waals surface area contributed by atoms with E-state index in [1.165, 1.54) is 0 Å². The highest BCUT2D eigenvalue weighted by molar-refractivity contribution is 5.79. The van der Waals surface area contributed by atoms with Crippen molar-refractivity contribution < 1.29 is 9.15 Å². The minimum atomic E-state index is -0.536. The van der Waals surface area contributed by atoms with E-state index in [4.69, 9.17) is 9.15 Å². The van der Waals surface area contributed by atoms with Gasteiger partial charge in [-0.15, -0.1) is 5.10 Å². The fourth-order valence-corrected chi connectivity index (χ4v) is 5.21. The molecule has 38 heavy (non-hydrogen) atoms. The molecule has 0 amide bonds. The lowest BCUT2D eigenvalue weighted by Crippen LogP contribution is -2.35. The van der Waals surface area contributed by atoms with Crippen molar-refractivity contribution in [1.29, 1.82) is 0 Å². The molecule has 0 saturated carbocycles. The fraction of sp³-hybridized carbons (Fsp3) is 0.310. The van der Waals surface area contributed by atoms with Crippen LogP contribution in [0.4, 0.5) is 0 Å². The van der Waals surface area contributed by atoms with Crippen LogP contribution in [0.3, 0.4) is 0 Å². The lowest BCUT2D eigenvalue weighted by molar-refractivity contribution is 0.0901. The van der Waals surface area contributed by atoms with Crippen LogP contribution < -0.4 is 5.56 Å². The topological polar surface area (TPSA) is 102 Å². The van der Waals surface area contributed by atoms with Gasteiger partial charge in [0.15, 0.2) is 5.82 Å². The molecule has 0 bridgehead atoms. The molecule has 5 aromatic rings. The first-order valence-corrected chi connectivity index (χ1v) is 13.0. The number of aromatic amines is 1. The quantitative estimate of drug-likeness (QED) is 0.314. The van der Waals surface area contributed by atoms with E-state index in [9.17, 15) is 4.79 Å². The average Bonchev–Trinajstić information content (AvgIpc) is 3.70. The lowest BCUT2D eigenvalue weighted by Gasteiger charge is -2.30. The number of furan rings is 1. The molecule has 0 unspecified atom stereocenters. The van der Waals surface area contributed by atoms with E-state index in [0.29, 0.717) is 31.0 Å². The fourth-order valence-electron chi connectivity index (χ4n) is 5.21. The van der Waals surface area contributed by atoms with Crippen molar-refractivity contribution in [2.75, 3.05) is 6.61 Å². The van der Waals surface area contributed by atoms with Crippen molar-refractivity contribution in [2.24, 2.45) is 0 Å². The van der Waals surface area contributed by atoms with Gasteiger partial charge in [-0.05, 0) is 71.0 Å². The smallest absolute Gasteiger partial charge is 0.253 e. The summed E-state index contributed by atoms with van der Waals surface area (Å²) in [5.41, 5.74) is 3.40. The highest BCUT2D eigenvalue weighted by Crippen LogP contribution is 2.31. The van der Waals surface area contributed by atoms with Crippen LogP contribution in [0.5, 0.6) is 0 Å². The summed E-state index contributed by atoms with van der Waals surface area (Å²) >= 11 is 0. The third-order valence-corrected chi connectivity index (χ3v) is 7.06. The van der Waals surface area contributed by atoms with Gasteiger partial charge in [0.1, 0.15) is 11.8 Å². The number of rotatable bonds is 9. The Kier molecular flexibility index (Phi) is 6.85. The summed E-state index contributed by atoms with van der Waals surface area (Å²) in [6.45, 7) is 4.31. The van der Waals surface area contributed by atoms with Gasteiger partial charge in [0, 0.05) is 24.2 Å². The van der Waals surface area contributed by atoms with Gasteiger partial charge in [-0.1, -0.05) is 42.5 Å². The molecule has 1 aliphatic heterocycles. The monoisotopic (exact) mass is 510 g/mol. The summed E-state index contributed by atoms with van der Waals surface area (Å²) in [6.07, 6.45) is 3.69. The summed E-state index contributed by atoms with van der Waals surface area (Å²) in [5.74, 6) is 1.39. The van der Waals surface area contributed by atoms with E-state index in [1.807, 2.05) is 61.5 Å². The molecule has 2 atom stereocenters. The molecule has 1 fully saturated rings. The standard InChI is InChI=1S/C29H30N6O3/c1-20-11-12-22-16-25(29(36)30-26(22)15-20)27(28-31-32-33-35(28)19-24-10-6-14-38-24)34(18-23-9-5-13-37-23)17-21-7-3-2-4-8-21/h2-5,7-9,11-13,15-16,24,27H,6,10,14,17-19H2,1H3,(H,30,36)/t24-,27+/m1/s1. The molecule has 4 heterocycles. The van der Waals surface area contributed by atoms with Crippen LogP contribution in [0.2, 0.25) is 0 Å². The zero-order valence-electron chi connectivity index (χ0n) is 21.3. The Morgan fingerprint density at radius 2 is 2.00 bits per heavy atom. The van der Waals surface area contributed by atoms with E-state index in [1.54, 1.807) is 10.9 Å². The van der Waals surface area contributed by atoms with Gasteiger partial charge in [-0.25, -0.2) is 4.68 Å². The van der Waals surface area contributed by atoms with E-state index in [2.05, 4.69) is 37.5 Å². The highest BCUT2D eigenvalue weighted by Gasteiger charge is 2.32. The maximum absolute atomic E-state index is 13.7. The second-order valence-corrected chi connectivity index (χ2v) is 9.87. The number of aryl methyl sites for hydroxylation is 1. The van der Waals surface area contributed by atoms with Crippen LogP contribution in [0, 0.1) is 6.92 Å². The number of hydrogen-bond donors (Lipinski definition) is 1. The zero-order chi connectivity index (χ0) is 25.9. The molecule has 1 N–H and O–H groups in total. The third-order valence-electron chi connectivity index (χ3n) is 7.06. The number of tetrazole rings is 1. The molecule has 1 saturated heterocycles. The van der Waals surface area contributed by atoms with Gasteiger partial charge in [0.2, 0.25) is 0 Å². The first kappa shape index (κ1) is 24.3. The summed E-state index contributed by atoms with van der Waals surface area (Å²) in [6, 6.07) is 21.5. The Morgan fingerprint density at radius 1 is 1.11 bits per heavy atom. The predicted molar refractivity (Wildman–Crippen MR) is 142 cm³/mol. The van der Waals surface area contributed by atoms with Gasteiger partial charge in [-0.3, -0.25) is 9.69 Å². The number of nitrogens with one attached hydrogen (secondary N) is 1. The maximum Gasteiger partial charge on any atom is 0.253 e. The Morgan fingerprint density at radius 3 is 2.79 bits per heavy atom. The summed E-state index contributed by atoms with van der Waals surface area (Å²) in [5, 5.41) is 13.8. The van der Waals surface area contributed by atoms with E-state index >= 15 is 0 Å². The Balaban J connectivity index is 1.50. The number of ether oxygens (including phenoxy) is 1. The number of H-pyrrole nitrogens is 1. The van der Waals surface area contributed by atoms with Crippen LogP contribution >= 0.6 is 0 Å². The first-order chi connectivity index (χ1) is 18.6. The molecule has 0 spiro atoms. The van der Waals surface area contributed by atoms with Crippen LogP contribution in [0.1, 0.15) is 47.2 Å². The maximum atomic E-state index is 13.7. The van der Waals surface area contributed by atoms with Crippen LogP contribution in [-0.2, 0) is 24.4 Å². The Bertz CT molecular complexity index is 1550. The van der Waals surface area contributed by atoms with Gasteiger partial charge in [0.25, 0.3) is 5.56 Å². The first-order valence-electron chi connectivity index (χ1n) is 13.0. The van der Waals surface area contributed by atoms with Crippen molar-refractivity contribution in [1.82, 2.24) is 30.1 Å². The number of nitrogens with zero attached hydrogens (tertiary/aromatic N) is 5.